The standard InChI is InChI=1S/C16H23BrO/c1-10-4-7-15(17)14(8-10)16(18)13-6-5-11(2)12(3)9-13/h4,7-8,11-13,16,18H,5-6,9H2,1-3H3. The molecule has 4 unspecified atom stereocenters. The Morgan fingerprint density at radius 3 is 2.61 bits per heavy atom. The minimum Gasteiger partial charge on any atom is -0.388 e. The fraction of sp³-hybridized carbons (Fsp3) is 0.625. The van der Waals surface area contributed by atoms with E-state index in [1.165, 1.54) is 12.0 Å². The number of hydrogen-bond donors (Lipinski definition) is 1. The first-order valence-corrected chi connectivity index (χ1v) is 7.72. The van der Waals surface area contributed by atoms with E-state index in [1.807, 2.05) is 6.07 Å². The summed E-state index contributed by atoms with van der Waals surface area (Å²) >= 11 is 3.56. The SMILES string of the molecule is Cc1ccc(Br)c(C(O)C2CCC(C)C(C)C2)c1. The number of benzene rings is 1. The van der Waals surface area contributed by atoms with E-state index in [2.05, 4.69) is 48.8 Å². The van der Waals surface area contributed by atoms with Gasteiger partial charge in [-0.15, -0.1) is 0 Å². The highest BCUT2D eigenvalue weighted by atomic mass is 79.9. The monoisotopic (exact) mass is 310 g/mol. The van der Waals surface area contributed by atoms with Crippen LogP contribution in [0.1, 0.15) is 50.3 Å². The van der Waals surface area contributed by atoms with Crippen molar-refractivity contribution in [3.05, 3.63) is 33.8 Å². The van der Waals surface area contributed by atoms with Gasteiger partial charge in [0.05, 0.1) is 6.10 Å². The lowest BCUT2D eigenvalue weighted by Gasteiger charge is -2.35. The van der Waals surface area contributed by atoms with Crippen molar-refractivity contribution in [2.75, 3.05) is 0 Å². The van der Waals surface area contributed by atoms with E-state index < -0.39 is 0 Å². The minimum atomic E-state index is -0.325. The average molecular weight is 311 g/mol. The van der Waals surface area contributed by atoms with Crippen LogP contribution in [0.3, 0.4) is 0 Å². The van der Waals surface area contributed by atoms with Crippen molar-refractivity contribution in [3.63, 3.8) is 0 Å². The van der Waals surface area contributed by atoms with Crippen LogP contribution in [-0.2, 0) is 0 Å². The van der Waals surface area contributed by atoms with Crippen LogP contribution in [0.25, 0.3) is 0 Å². The largest absolute Gasteiger partial charge is 0.388 e. The van der Waals surface area contributed by atoms with Gasteiger partial charge in [-0.3, -0.25) is 0 Å². The van der Waals surface area contributed by atoms with Crippen LogP contribution in [0, 0.1) is 24.7 Å². The summed E-state index contributed by atoms with van der Waals surface area (Å²) in [5.41, 5.74) is 2.27. The van der Waals surface area contributed by atoms with Crippen LogP contribution in [0.5, 0.6) is 0 Å². The first-order valence-electron chi connectivity index (χ1n) is 6.93. The molecule has 0 amide bonds. The van der Waals surface area contributed by atoms with Crippen LogP contribution in [0.15, 0.2) is 22.7 Å². The molecular weight excluding hydrogens is 288 g/mol. The quantitative estimate of drug-likeness (QED) is 0.826. The van der Waals surface area contributed by atoms with Crippen molar-refractivity contribution in [2.24, 2.45) is 17.8 Å². The molecule has 1 aromatic rings. The van der Waals surface area contributed by atoms with Crippen molar-refractivity contribution in [1.82, 2.24) is 0 Å². The Labute approximate surface area is 119 Å². The lowest BCUT2D eigenvalue weighted by atomic mass is 9.73. The Morgan fingerprint density at radius 1 is 1.22 bits per heavy atom. The summed E-state index contributed by atoms with van der Waals surface area (Å²) in [6, 6.07) is 6.23. The zero-order valence-electron chi connectivity index (χ0n) is 11.5. The Hall–Kier alpha value is -0.340. The summed E-state index contributed by atoms with van der Waals surface area (Å²) in [5.74, 6) is 1.94. The molecule has 2 heteroatoms. The van der Waals surface area contributed by atoms with Gasteiger partial charge in [-0.05, 0) is 49.1 Å². The van der Waals surface area contributed by atoms with Gasteiger partial charge in [0.2, 0.25) is 0 Å². The Kier molecular flexibility index (Phi) is 4.50. The number of halogens is 1. The minimum absolute atomic E-state index is 0.325. The van der Waals surface area contributed by atoms with Gasteiger partial charge in [-0.25, -0.2) is 0 Å². The molecule has 1 aromatic carbocycles. The van der Waals surface area contributed by atoms with E-state index >= 15 is 0 Å². The second kappa shape index (κ2) is 5.75. The lowest BCUT2D eigenvalue weighted by Crippen LogP contribution is -2.25. The maximum absolute atomic E-state index is 10.6. The van der Waals surface area contributed by atoms with Gasteiger partial charge in [0.25, 0.3) is 0 Å². The van der Waals surface area contributed by atoms with E-state index in [4.69, 9.17) is 0 Å². The summed E-state index contributed by atoms with van der Waals surface area (Å²) < 4.78 is 1.03. The second-order valence-corrected chi connectivity index (χ2v) is 6.85. The van der Waals surface area contributed by atoms with Crippen molar-refractivity contribution in [1.29, 1.82) is 0 Å². The van der Waals surface area contributed by atoms with E-state index in [9.17, 15) is 5.11 Å². The molecule has 0 saturated heterocycles. The van der Waals surface area contributed by atoms with Crippen LogP contribution in [0.4, 0.5) is 0 Å². The highest BCUT2D eigenvalue weighted by Crippen LogP contribution is 2.41. The number of aliphatic hydroxyl groups excluding tert-OH is 1. The lowest BCUT2D eigenvalue weighted by molar-refractivity contribution is 0.0556. The van der Waals surface area contributed by atoms with Crippen molar-refractivity contribution in [3.8, 4) is 0 Å². The molecule has 0 spiro atoms. The van der Waals surface area contributed by atoms with Crippen molar-refractivity contribution < 1.29 is 5.11 Å². The second-order valence-electron chi connectivity index (χ2n) is 6.00. The molecule has 1 fully saturated rings. The van der Waals surface area contributed by atoms with Gasteiger partial charge in [-0.1, -0.05) is 53.9 Å². The third kappa shape index (κ3) is 2.97. The summed E-state index contributed by atoms with van der Waals surface area (Å²) in [5, 5.41) is 10.6. The highest BCUT2D eigenvalue weighted by Gasteiger charge is 2.30. The summed E-state index contributed by atoms with van der Waals surface area (Å²) in [4.78, 5) is 0. The molecule has 1 saturated carbocycles. The molecule has 0 aromatic heterocycles. The van der Waals surface area contributed by atoms with E-state index in [1.54, 1.807) is 0 Å². The van der Waals surface area contributed by atoms with E-state index in [0.717, 1.165) is 34.7 Å². The van der Waals surface area contributed by atoms with E-state index in [0.29, 0.717) is 5.92 Å². The molecule has 1 nitrogen and oxygen atoms in total. The molecule has 0 aliphatic heterocycles. The summed E-state index contributed by atoms with van der Waals surface area (Å²) in [6.07, 6.45) is 3.21. The van der Waals surface area contributed by atoms with Gasteiger partial charge in [0, 0.05) is 4.47 Å². The van der Waals surface area contributed by atoms with Gasteiger partial charge in [-0.2, -0.15) is 0 Å². The maximum atomic E-state index is 10.6. The third-order valence-electron chi connectivity index (χ3n) is 4.56. The van der Waals surface area contributed by atoms with Crippen LogP contribution >= 0.6 is 15.9 Å². The Morgan fingerprint density at radius 2 is 1.94 bits per heavy atom. The zero-order valence-corrected chi connectivity index (χ0v) is 13.1. The molecule has 1 aliphatic rings. The molecule has 2 rings (SSSR count). The topological polar surface area (TPSA) is 20.2 Å². The van der Waals surface area contributed by atoms with Crippen LogP contribution in [0.2, 0.25) is 0 Å². The summed E-state index contributed by atoms with van der Waals surface area (Å²) in [6.45, 7) is 6.72. The fourth-order valence-electron chi connectivity index (χ4n) is 3.02. The number of rotatable bonds is 2. The maximum Gasteiger partial charge on any atom is 0.0829 e. The molecule has 1 N–H and O–H groups in total. The van der Waals surface area contributed by atoms with E-state index in [-0.39, 0.29) is 6.10 Å². The van der Waals surface area contributed by atoms with Crippen LogP contribution in [-0.4, -0.2) is 5.11 Å². The number of aryl methyl sites for hydroxylation is 1. The first-order chi connectivity index (χ1) is 8.49. The molecule has 0 bridgehead atoms. The normalized spacial score (nSPS) is 30.2. The van der Waals surface area contributed by atoms with Gasteiger partial charge >= 0.3 is 0 Å². The van der Waals surface area contributed by atoms with Gasteiger partial charge in [0.15, 0.2) is 0 Å². The molecule has 100 valence electrons. The summed E-state index contributed by atoms with van der Waals surface area (Å²) in [7, 11) is 0. The first kappa shape index (κ1) is 14.1. The third-order valence-corrected chi connectivity index (χ3v) is 5.28. The molecular formula is C16H23BrO. The Bertz CT molecular complexity index is 416. The molecule has 1 aliphatic carbocycles. The number of aliphatic hydroxyl groups is 1. The average Bonchev–Trinajstić information content (AvgIpc) is 2.35. The Balaban J connectivity index is 2.16. The predicted molar refractivity (Wildman–Crippen MR) is 79.5 cm³/mol. The van der Waals surface area contributed by atoms with Gasteiger partial charge in [0.1, 0.15) is 0 Å². The molecule has 18 heavy (non-hydrogen) atoms. The van der Waals surface area contributed by atoms with Crippen LogP contribution < -0.4 is 0 Å². The fourth-order valence-corrected chi connectivity index (χ4v) is 3.50. The van der Waals surface area contributed by atoms with Crippen molar-refractivity contribution >= 4 is 15.9 Å². The van der Waals surface area contributed by atoms with Crippen molar-refractivity contribution in [2.45, 2.75) is 46.1 Å². The predicted octanol–water partition coefficient (Wildman–Crippen LogP) is 4.86. The molecule has 4 atom stereocenters. The number of hydrogen-bond acceptors (Lipinski definition) is 1. The van der Waals surface area contributed by atoms with Gasteiger partial charge < -0.3 is 5.11 Å². The molecule has 0 heterocycles. The zero-order chi connectivity index (χ0) is 13.3. The highest BCUT2D eigenvalue weighted by molar-refractivity contribution is 9.10. The smallest absolute Gasteiger partial charge is 0.0829 e. The molecule has 0 radical (unpaired) electrons.